The molecule has 0 radical (unpaired) electrons. The Bertz CT molecular complexity index is 1030. The Morgan fingerprint density at radius 3 is 1.71 bits per heavy atom. The van der Waals surface area contributed by atoms with Gasteiger partial charge in [-0.25, -0.2) is 4.57 Å². The Hall–Kier alpha value is -2.29. The average Bonchev–Trinajstić information content (AvgIpc) is 3.04. The quantitative estimate of drug-likeness (QED) is 0.0242. The fourth-order valence-electron chi connectivity index (χ4n) is 4.40. The van der Waals surface area contributed by atoms with Gasteiger partial charge in [-0.1, -0.05) is 120 Å². The molecule has 0 aliphatic rings. The summed E-state index contributed by atoms with van der Waals surface area (Å²) >= 11 is 0. The lowest BCUT2D eigenvalue weighted by Crippen LogP contribution is -2.37. The van der Waals surface area contributed by atoms with E-state index in [9.17, 15) is 19.0 Å². The van der Waals surface area contributed by atoms with E-state index in [1.54, 1.807) is 0 Å². The maximum Gasteiger partial charge on any atom is 0.472 e. The van der Waals surface area contributed by atoms with E-state index >= 15 is 0 Å². The first-order valence-electron chi connectivity index (χ1n) is 18.5. The smallest absolute Gasteiger partial charge is 0.462 e. The third-order valence-corrected chi connectivity index (χ3v) is 8.30. The number of esters is 2. The largest absolute Gasteiger partial charge is 0.472 e. The van der Waals surface area contributed by atoms with Crippen molar-refractivity contribution in [2.45, 2.75) is 129 Å². The maximum absolute atomic E-state index is 12.6. The molecule has 0 rings (SSSR count). The number of hydrogen-bond acceptors (Lipinski definition) is 7. The number of ether oxygens (including phenoxy) is 2. The minimum atomic E-state index is -4.38. The van der Waals surface area contributed by atoms with Gasteiger partial charge in [0.15, 0.2) is 6.10 Å². The first kappa shape index (κ1) is 46.7. The van der Waals surface area contributed by atoms with Crippen molar-refractivity contribution in [2.75, 3.05) is 47.5 Å². The van der Waals surface area contributed by atoms with Gasteiger partial charge in [-0.3, -0.25) is 18.6 Å². The molecule has 282 valence electrons. The van der Waals surface area contributed by atoms with Gasteiger partial charge in [0.05, 0.1) is 27.7 Å². The minimum Gasteiger partial charge on any atom is -0.462 e. The fourth-order valence-corrected chi connectivity index (χ4v) is 5.14. The molecular weight excluding hydrogens is 641 g/mol. The molecule has 0 aliphatic carbocycles. The van der Waals surface area contributed by atoms with Gasteiger partial charge in [0, 0.05) is 12.8 Å². The summed E-state index contributed by atoms with van der Waals surface area (Å²) in [4.78, 5) is 35.0. The van der Waals surface area contributed by atoms with E-state index in [0.29, 0.717) is 23.9 Å². The monoisotopic (exact) mass is 710 g/mol. The lowest BCUT2D eigenvalue weighted by Gasteiger charge is -2.24. The summed E-state index contributed by atoms with van der Waals surface area (Å²) < 4.78 is 34.0. The number of likely N-dealkylation sites (N-methyl/N-ethyl adjacent to an activating group) is 1. The Labute approximate surface area is 298 Å². The molecule has 0 spiro atoms. The lowest BCUT2D eigenvalue weighted by molar-refractivity contribution is -0.870. The number of hydrogen-bond donors (Lipinski definition) is 1. The van der Waals surface area contributed by atoms with Gasteiger partial charge >= 0.3 is 19.8 Å². The van der Waals surface area contributed by atoms with Crippen molar-refractivity contribution in [2.24, 2.45) is 0 Å². The number of unbranched alkanes of at least 4 members (excludes halogenated alkanes) is 8. The van der Waals surface area contributed by atoms with Gasteiger partial charge < -0.3 is 18.9 Å². The van der Waals surface area contributed by atoms with Crippen LogP contribution in [-0.4, -0.2) is 74.9 Å². The molecule has 0 aromatic rings. The van der Waals surface area contributed by atoms with Crippen LogP contribution in [0.2, 0.25) is 0 Å². The molecule has 10 heteroatoms. The molecule has 0 aromatic carbocycles. The van der Waals surface area contributed by atoms with E-state index in [1.165, 1.54) is 32.1 Å². The van der Waals surface area contributed by atoms with Crippen molar-refractivity contribution in [3.05, 3.63) is 60.8 Å². The van der Waals surface area contributed by atoms with Crippen LogP contribution in [0, 0.1) is 0 Å². The molecule has 2 atom stereocenters. The van der Waals surface area contributed by atoms with Gasteiger partial charge in [-0.15, -0.1) is 0 Å². The normalized spacial score (nSPS) is 14.5. The zero-order valence-corrected chi connectivity index (χ0v) is 32.3. The molecule has 0 heterocycles. The SMILES string of the molecule is CC/C=C/C/C=C/C/C=C/C/C=C/C/C=C/CCCC(=O)O[C@H](COC(=O)CCCCCCCCCC)COP(=O)(O)OCC[N+](C)(C)C. The summed E-state index contributed by atoms with van der Waals surface area (Å²) in [6.45, 7) is 4.17. The second-order valence-electron chi connectivity index (χ2n) is 13.2. The van der Waals surface area contributed by atoms with Crippen LogP contribution in [0.1, 0.15) is 123 Å². The molecule has 0 bridgehead atoms. The first-order valence-corrected chi connectivity index (χ1v) is 20.0. The molecule has 1 unspecified atom stereocenters. The molecule has 0 amide bonds. The van der Waals surface area contributed by atoms with E-state index < -0.39 is 32.5 Å². The average molecular weight is 711 g/mol. The summed E-state index contributed by atoms with van der Waals surface area (Å²) in [5.74, 6) is -0.879. The van der Waals surface area contributed by atoms with E-state index in [-0.39, 0.29) is 26.1 Å². The van der Waals surface area contributed by atoms with E-state index in [2.05, 4.69) is 68.5 Å². The molecule has 0 aromatic heterocycles. The molecule has 49 heavy (non-hydrogen) atoms. The summed E-state index contributed by atoms with van der Waals surface area (Å²) in [5.41, 5.74) is 0. The third-order valence-electron chi connectivity index (χ3n) is 7.31. The van der Waals surface area contributed by atoms with E-state index in [4.69, 9.17) is 18.5 Å². The number of phosphoric acid groups is 1. The van der Waals surface area contributed by atoms with Crippen molar-refractivity contribution < 1.29 is 42.1 Å². The van der Waals surface area contributed by atoms with Crippen molar-refractivity contribution in [3.8, 4) is 0 Å². The summed E-state index contributed by atoms with van der Waals surface area (Å²) in [6, 6.07) is 0. The first-order chi connectivity index (χ1) is 23.5. The lowest BCUT2D eigenvalue weighted by atomic mass is 10.1. The van der Waals surface area contributed by atoms with Crippen molar-refractivity contribution in [1.29, 1.82) is 0 Å². The summed E-state index contributed by atoms with van der Waals surface area (Å²) in [5, 5.41) is 0. The number of carbonyl (C=O) groups excluding carboxylic acids is 2. The van der Waals surface area contributed by atoms with Crippen LogP contribution in [0.15, 0.2) is 60.8 Å². The highest BCUT2D eigenvalue weighted by Gasteiger charge is 2.27. The van der Waals surface area contributed by atoms with Crippen LogP contribution in [0.25, 0.3) is 0 Å². The molecule has 0 saturated heterocycles. The number of quaternary nitrogens is 1. The number of rotatable bonds is 32. The third kappa shape index (κ3) is 35.3. The molecule has 0 aliphatic heterocycles. The van der Waals surface area contributed by atoms with Crippen LogP contribution in [0.4, 0.5) is 0 Å². The van der Waals surface area contributed by atoms with Gasteiger partial charge in [0.25, 0.3) is 0 Å². The minimum absolute atomic E-state index is 0.0190. The van der Waals surface area contributed by atoms with Gasteiger partial charge in [0.2, 0.25) is 0 Å². The second-order valence-corrected chi connectivity index (χ2v) is 14.7. The Kier molecular flexibility index (Phi) is 30.2. The zero-order valence-electron chi connectivity index (χ0n) is 31.4. The number of phosphoric ester groups is 1. The highest BCUT2D eigenvalue weighted by molar-refractivity contribution is 7.47. The van der Waals surface area contributed by atoms with Crippen molar-refractivity contribution >= 4 is 19.8 Å². The van der Waals surface area contributed by atoms with Crippen LogP contribution in [-0.2, 0) is 32.7 Å². The number of carbonyl (C=O) groups is 2. The van der Waals surface area contributed by atoms with Crippen LogP contribution >= 0.6 is 7.82 Å². The maximum atomic E-state index is 12.6. The summed E-state index contributed by atoms with van der Waals surface area (Å²) in [6.07, 6.45) is 35.8. The van der Waals surface area contributed by atoms with Crippen LogP contribution < -0.4 is 0 Å². The van der Waals surface area contributed by atoms with Crippen LogP contribution in [0.5, 0.6) is 0 Å². The van der Waals surface area contributed by atoms with Crippen molar-refractivity contribution in [1.82, 2.24) is 0 Å². The number of nitrogens with zero attached hydrogens (tertiary/aromatic N) is 1. The predicted molar refractivity (Wildman–Crippen MR) is 201 cm³/mol. The highest BCUT2D eigenvalue weighted by atomic mass is 31.2. The van der Waals surface area contributed by atoms with Crippen LogP contribution in [0.3, 0.4) is 0 Å². The highest BCUT2D eigenvalue weighted by Crippen LogP contribution is 2.43. The topological polar surface area (TPSA) is 108 Å². The predicted octanol–water partition coefficient (Wildman–Crippen LogP) is 9.73. The fraction of sp³-hybridized carbons (Fsp3) is 0.692. The molecule has 0 fully saturated rings. The number of allylic oxidation sites excluding steroid dienone is 10. The standard InChI is InChI=1S/C39H68NO8P/c1-6-8-10-12-14-16-17-18-19-20-21-22-23-24-26-28-30-32-39(42)48-37(36-47-49(43,44)46-34-33-40(3,4)5)35-45-38(41)31-29-27-25-15-13-11-9-7-2/h8,10,14,16,18-19,21-22,24,26,37H,6-7,9,11-13,15,17,20,23,25,27-36H2,1-5H3/p+1/b10-8+,16-14+,19-18+,22-21+,26-24+/t37-/m1/s1. The zero-order chi connectivity index (χ0) is 36.5. The molecule has 9 nitrogen and oxygen atoms in total. The van der Waals surface area contributed by atoms with E-state index in [0.717, 1.165) is 51.4 Å². The van der Waals surface area contributed by atoms with Gasteiger partial charge in [-0.05, 0) is 51.4 Å². The Morgan fingerprint density at radius 2 is 1.16 bits per heavy atom. The Morgan fingerprint density at radius 1 is 0.653 bits per heavy atom. The van der Waals surface area contributed by atoms with Gasteiger partial charge in [-0.2, -0.15) is 0 Å². The molecule has 0 saturated carbocycles. The second kappa shape index (κ2) is 31.7. The molecule has 1 N–H and O–H groups in total. The Balaban J connectivity index is 4.55. The van der Waals surface area contributed by atoms with Crippen molar-refractivity contribution in [3.63, 3.8) is 0 Å². The summed E-state index contributed by atoms with van der Waals surface area (Å²) in [7, 11) is 1.43. The van der Waals surface area contributed by atoms with E-state index in [1.807, 2.05) is 27.2 Å². The molecular formula is C39H69NO8P+. The van der Waals surface area contributed by atoms with Gasteiger partial charge in [0.1, 0.15) is 19.8 Å².